The molecule has 170 valence electrons. The lowest BCUT2D eigenvalue weighted by molar-refractivity contribution is 0.307. The lowest BCUT2D eigenvalue weighted by Gasteiger charge is -2.13. The zero-order chi connectivity index (χ0) is 23.8. The molecule has 2 aromatic carbocycles. The summed E-state index contributed by atoms with van der Waals surface area (Å²) >= 11 is 0. The Morgan fingerprint density at radius 3 is 2.50 bits per heavy atom. The van der Waals surface area contributed by atoms with E-state index >= 15 is 0 Å². The average Bonchev–Trinajstić information content (AvgIpc) is 3.21. The summed E-state index contributed by atoms with van der Waals surface area (Å²) in [5.74, 6) is 0.571. The van der Waals surface area contributed by atoms with Gasteiger partial charge in [0.1, 0.15) is 12.3 Å². The van der Waals surface area contributed by atoms with Crippen LogP contribution in [0.25, 0.3) is 22.6 Å². The van der Waals surface area contributed by atoms with Crippen molar-refractivity contribution >= 4 is 5.65 Å². The molecule has 0 radical (unpaired) electrons. The molecule has 0 fully saturated rings. The fourth-order valence-corrected chi connectivity index (χ4v) is 4.19. The topological polar surface area (TPSA) is 61.4 Å². The molecule has 0 bridgehead atoms. The van der Waals surface area contributed by atoms with Crippen LogP contribution in [0.2, 0.25) is 0 Å². The lowest BCUT2D eigenvalue weighted by atomic mass is 10.1. The minimum Gasteiger partial charge on any atom is -0.485 e. The number of fused-ring (bicyclic) bond motifs is 1. The molecule has 0 saturated heterocycles. The summed E-state index contributed by atoms with van der Waals surface area (Å²) in [5.41, 5.74) is 7.38. The molecule has 3 heterocycles. The molecule has 0 amide bonds. The first kappa shape index (κ1) is 21.6. The van der Waals surface area contributed by atoms with E-state index in [1.54, 1.807) is 12.3 Å². The molecule has 0 spiro atoms. The second-order valence-electron chi connectivity index (χ2n) is 8.58. The van der Waals surface area contributed by atoms with Crippen molar-refractivity contribution in [2.45, 2.75) is 34.3 Å². The Bertz CT molecular complexity index is 1570. The molecule has 0 N–H and O–H groups in total. The molecule has 0 aliphatic carbocycles. The number of benzene rings is 2. The smallest absolute Gasteiger partial charge is 0.267 e. The van der Waals surface area contributed by atoms with Gasteiger partial charge in [0.2, 0.25) is 0 Å². The summed E-state index contributed by atoms with van der Waals surface area (Å²) in [6.07, 6.45) is 1.72. The van der Waals surface area contributed by atoms with E-state index in [1.807, 2.05) is 61.0 Å². The van der Waals surface area contributed by atoms with Gasteiger partial charge in [0.15, 0.2) is 11.4 Å². The number of aryl methyl sites for hydroxylation is 4. The van der Waals surface area contributed by atoms with Crippen LogP contribution in [0.5, 0.6) is 5.75 Å². The molecular weight excluding hydrogens is 424 g/mol. The molecule has 5 aromatic rings. The van der Waals surface area contributed by atoms with Gasteiger partial charge in [-0.25, -0.2) is 9.67 Å². The molecule has 5 rings (SSSR count). The number of nitrogens with zero attached hydrogens (tertiary/aromatic N) is 4. The highest BCUT2D eigenvalue weighted by molar-refractivity contribution is 5.65. The summed E-state index contributed by atoms with van der Waals surface area (Å²) in [6.45, 7) is 8.36. The highest BCUT2D eigenvalue weighted by Gasteiger charge is 2.18. The number of ether oxygens (including phenoxy) is 1. The highest BCUT2D eigenvalue weighted by Crippen LogP contribution is 2.25. The van der Waals surface area contributed by atoms with Gasteiger partial charge in [0.25, 0.3) is 5.56 Å². The Morgan fingerprint density at radius 1 is 0.912 bits per heavy atom. The third kappa shape index (κ3) is 3.88. The van der Waals surface area contributed by atoms with E-state index in [-0.39, 0.29) is 5.56 Å². The third-order valence-corrected chi connectivity index (χ3v) is 6.03. The first-order valence-corrected chi connectivity index (χ1v) is 11.3. The maximum Gasteiger partial charge on any atom is 0.267 e. The van der Waals surface area contributed by atoms with Gasteiger partial charge in [-0.3, -0.25) is 9.20 Å². The first-order valence-electron chi connectivity index (χ1n) is 11.3. The van der Waals surface area contributed by atoms with Crippen LogP contribution in [-0.2, 0) is 6.61 Å². The van der Waals surface area contributed by atoms with E-state index in [1.165, 1.54) is 15.5 Å². The summed E-state index contributed by atoms with van der Waals surface area (Å²) in [7, 11) is 0. The summed E-state index contributed by atoms with van der Waals surface area (Å²) in [5, 5.41) is 4.73. The van der Waals surface area contributed by atoms with Gasteiger partial charge in [-0.15, -0.1) is 0 Å². The normalized spacial score (nSPS) is 11.2. The van der Waals surface area contributed by atoms with Crippen LogP contribution in [0, 0.1) is 27.7 Å². The maximum absolute atomic E-state index is 13.6. The van der Waals surface area contributed by atoms with Gasteiger partial charge in [0, 0.05) is 11.9 Å². The zero-order valence-electron chi connectivity index (χ0n) is 19.7. The second kappa shape index (κ2) is 8.63. The van der Waals surface area contributed by atoms with Crippen LogP contribution < -0.4 is 10.3 Å². The molecule has 6 nitrogen and oxygen atoms in total. The fraction of sp³-hybridized carbons (Fsp3) is 0.179. The van der Waals surface area contributed by atoms with Crippen molar-refractivity contribution in [3.8, 4) is 22.7 Å². The van der Waals surface area contributed by atoms with Gasteiger partial charge >= 0.3 is 0 Å². The van der Waals surface area contributed by atoms with Crippen LogP contribution >= 0.6 is 0 Å². The summed E-state index contributed by atoms with van der Waals surface area (Å²) in [4.78, 5) is 18.3. The van der Waals surface area contributed by atoms with Gasteiger partial charge < -0.3 is 4.74 Å². The van der Waals surface area contributed by atoms with Crippen molar-refractivity contribution in [2.24, 2.45) is 0 Å². The van der Waals surface area contributed by atoms with Crippen molar-refractivity contribution in [1.82, 2.24) is 19.2 Å². The molecule has 0 aliphatic heterocycles. The van der Waals surface area contributed by atoms with Crippen molar-refractivity contribution < 1.29 is 4.74 Å². The number of hydrogen-bond donors (Lipinski definition) is 0. The Morgan fingerprint density at radius 2 is 1.71 bits per heavy atom. The molecule has 0 aliphatic rings. The molecular formula is C28H26N4O2. The number of para-hydroxylation sites is 1. The van der Waals surface area contributed by atoms with E-state index in [0.29, 0.717) is 35.0 Å². The minimum absolute atomic E-state index is 0.169. The van der Waals surface area contributed by atoms with Crippen LogP contribution in [0.1, 0.15) is 28.1 Å². The van der Waals surface area contributed by atoms with Crippen molar-refractivity contribution in [1.29, 1.82) is 0 Å². The Labute approximate surface area is 198 Å². The largest absolute Gasteiger partial charge is 0.485 e. The van der Waals surface area contributed by atoms with E-state index in [0.717, 1.165) is 16.9 Å². The maximum atomic E-state index is 13.6. The molecule has 3 aromatic heterocycles. The quantitative estimate of drug-likeness (QED) is 0.362. The van der Waals surface area contributed by atoms with Crippen molar-refractivity contribution in [2.75, 3.05) is 0 Å². The molecule has 0 atom stereocenters. The fourth-order valence-electron chi connectivity index (χ4n) is 4.19. The molecule has 0 unspecified atom stereocenters. The summed E-state index contributed by atoms with van der Waals surface area (Å²) in [6, 6.07) is 21.7. The molecule has 34 heavy (non-hydrogen) atoms. The van der Waals surface area contributed by atoms with Gasteiger partial charge in [-0.05, 0) is 69.2 Å². The number of pyridine rings is 1. The number of hydrogen-bond acceptors (Lipinski definition) is 4. The second-order valence-corrected chi connectivity index (χ2v) is 8.58. The van der Waals surface area contributed by atoms with Gasteiger partial charge in [-0.2, -0.15) is 5.10 Å². The van der Waals surface area contributed by atoms with Gasteiger partial charge in [-0.1, -0.05) is 42.0 Å². The predicted molar refractivity (Wildman–Crippen MR) is 134 cm³/mol. The van der Waals surface area contributed by atoms with E-state index in [2.05, 4.69) is 32.0 Å². The first-order chi connectivity index (χ1) is 16.4. The zero-order valence-corrected chi connectivity index (χ0v) is 19.7. The molecule has 0 saturated carbocycles. The SMILES string of the molecule is Cc1ccc(C)c(COc2cccn3c(=O)c(-c4cc(C)n(-c5ccccc5)n4)c(C)nc23)c1. The van der Waals surface area contributed by atoms with Crippen LogP contribution in [0.15, 0.2) is 77.7 Å². The highest BCUT2D eigenvalue weighted by atomic mass is 16.5. The number of aromatic nitrogens is 4. The van der Waals surface area contributed by atoms with E-state index < -0.39 is 0 Å². The van der Waals surface area contributed by atoms with E-state index in [4.69, 9.17) is 14.8 Å². The number of rotatable bonds is 5. The minimum atomic E-state index is -0.169. The Hall–Kier alpha value is -4.19. The monoisotopic (exact) mass is 450 g/mol. The average molecular weight is 451 g/mol. The van der Waals surface area contributed by atoms with Crippen LogP contribution in [0.3, 0.4) is 0 Å². The Kier molecular flexibility index (Phi) is 5.49. The van der Waals surface area contributed by atoms with Crippen LogP contribution in [-0.4, -0.2) is 19.2 Å². The van der Waals surface area contributed by atoms with Crippen molar-refractivity contribution in [3.63, 3.8) is 0 Å². The van der Waals surface area contributed by atoms with E-state index in [9.17, 15) is 4.79 Å². The van der Waals surface area contributed by atoms with Crippen LogP contribution in [0.4, 0.5) is 0 Å². The Balaban J connectivity index is 1.55. The summed E-state index contributed by atoms with van der Waals surface area (Å²) < 4.78 is 9.52. The van der Waals surface area contributed by atoms with Crippen molar-refractivity contribution in [3.05, 3.63) is 111 Å². The lowest BCUT2D eigenvalue weighted by Crippen LogP contribution is -2.19. The standard InChI is InChI=1S/C28H26N4O2/c1-18-12-13-19(2)22(15-18)17-34-25-11-8-14-31-27(25)29-21(4)26(28(31)33)24-16-20(3)32(30-24)23-9-6-5-7-10-23/h5-16H,17H2,1-4H3. The molecule has 6 heteroatoms. The predicted octanol–water partition coefficient (Wildman–Crippen LogP) is 5.36. The van der Waals surface area contributed by atoms with Gasteiger partial charge in [0.05, 0.1) is 16.9 Å². The third-order valence-electron chi connectivity index (χ3n) is 6.03.